The minimum absolute atomic E-state index is 0.0486. The molecule has 0 saturated carbocycles. The van der Waals surface area contributed by atoms with E-state index in [0.717, 1.165) is 38.7 Å². The summed E-state index contributed by atoms with van der Waals surface area (Å²) in [4.78, 5) is 16.9. The van der Waals surface area contributed by atoms with Gasteiger partial charge in [-0.15, -0.1) is 0 Å². The summed E-state index contributed by atoms with van der Waals surface area (Å²) in [7, 11) is 0. The number of aryl methyl sites for hydroxylation is 2. The molecule has 0 aliphatic rings. The molecule has 1 N–H and O–H groups in total. The highest BCUT2D eigenvalue weighted by Crippen LogP contribution is 2.21. The Morgan fingerprint density at radius 1 is 1.04 bits per heavy atom. The third kappa shape index (κ3) is 4.23. The Morgan fingerprint density at radius 2 is 1.79 bits per heavy atom. The second-order valence-electron chi connectivity index (χ2n) is 6.68. The van der Waals surface area contributed by atoms with Crippen LogP contribution in [0.25, 0.3) is 16.9 Å². The predicted molar refractivity (Wildman–Crippen MR) is 114 cm³/mol. The second-order valence-corrected chi connectivity index (χ2v) is 7.68. The zero-order valence-corrected chi connectivity index (χ0v) is 16.5. The van der Waals surface area contributed by atoms with Gasteiger partial charge in [-0.1, -0.05) is 48.2 Å². The zero-order chi connectivity index (χ0) is 19.5. The molecule has 0 radical (unpaired) electrons. The maximum Gasteiger partial charge on any atom is 0.234 e. The molecule has 5 nitrogen and oxygen atoms in total. The molecule has 4 rings (SSSR count). The van der Waals surface area contributed by atoms with Gasteiger partial charge < -0.3 is 5.32 Å². The van der Waals surface area contributed by atoms with Gasteiger partial charge in [0, 0.05) is 11.3 Å². The lowest BCUT2D eigenvalue weighted by molar-refractivity contribution is -0.113. The number of carbonyl (C=O) groups excluding carboxylic acids is 1. The van der Waals surface area contributed by atoms with Crippen LogP contribution in [-0.2, 0) is 4.79 Å². The fourth-order valence-electron chi connectivity index (χ4n) is 3.07. The first-order valence-corrected chi connectivity index (χ1v) is 9.98. The van der Waals surface area contributed by atoms with Gasteiger partial charge >= 0.3 is 0 Å². The van der Waals surface area contributed by atoms with E-state index in [1.807, 2.05) is 74.6 Å². The van der Waals surface area contributed by atoms with E-state index in [1.54, 1.807) is 4.52 Å². The van der Waals surface area contributed by atoms with E-state index >= 15 is 0 Å². The van der Waals surface area contributed by atoms with Crippen LogP contribution in [0.15, 0.2) is 71.9 Å². The number of amides is 1. The van der Waals surface area contributed by atoms with Crippen molar-refractivity contribution in [2.45, 2.75) is 18.9 Å². The summed E-state index contributed by atoms with van der Waals surface area (Å²) >= 11 is 1.40. The maximum atomic E-state index is 12.3. The Bertz CT molecular complexity index is 1120. The molecule has 2 aromatic heterocycles. The highest BCUT2D eigenvalue weighted by atomic mass is 32.2. The van der Waals surface area contributed by atoms with Crippen molar-refractivity contribution >= 4 is 29.0 Å². The van der Waals surface area contributed by atoms with Gasteiger partial charge in [0.25, 0.3) is 0 Å². The molecule has 4 aromatic rings. The number of hydrogen-bond donors (Lipinski definition) is 1. The summed E-state index contributed by atoms with van der Waals surface area (Å²) < 4.78 is 1.76. The van der Waals surface area contributed by atoms with Crippen molar-refractivity contribution in [2.75, 3.05) is 11.1 Å². The van der Waals surface area contributed by atoms with E-state index in [9.17, 15) is 4.79 Å². The number of benzene rings is 2. The van der Waals surface area contributed by atoms with Crippen molar-refractivity contribution in [1.29, 1.82) is 0 Å². The predicted octanol–water partition coefficient (Wildman–Crippen LogP) is 4.74. The van der Waals surface area contributed by atoms with Gasteiger partial charge in [-0.05, 0) is 49.2 Å². The van der Waals surface area contributed by atoms with Gasteiger partial charge in [-0.3, -0.25) is 4.79 Å². The van der Waals surface area contributed by atoms with Crippen LogP contribution in [0, 0.1) is 13.8 Å². The lowest BCUT2D eigenvalue weighted by Gasteiger charge is -2.07. The Balaban J connectivity index is 1.44. The molecule has 0 spiro atoms. The van der Waals surface area contributed by atoms with Crippen LogP contribution >= 0.6 is 11.8 Å². The van der Waals surface area contributed by atoms with Crippen molar-refractivity contribution < 1.29 is 4.79 Å². The lowest BCUT2D eigenvalue weighted by Crippen LogP contribution is -2.14. The maximum absolute atomic E-state index is 12.3. The number of carbonyl (C=O) groups is 1. The minimum atomic E-state index is -0.0486. The topological polar surface area (TPSA) is 59.3 Å². The van der Waals surface area contributed by atoms with Crippen LogP contribution in [-0.4, -0.2) is 26.3 Å². The number of nitrogens with zero attached hydrogens (tertiary/aromatic N) is 3. The lowest BCUT2D eigenvalue weighted by atomic mass is 10.1. The smallest absolute Gasteiger partial charge is 0.234 e. The Kier molecular flexibility index (Phi) is 5.12. The molecule has 0 fully saturated rings. The van der Waals surface area contributed by atoms with Gasteiger partial charge in [0.2, 0.25) is 5.91 Å². The molecular weight excluding hydrogens is 368 g/mol. The van der Waals surface area contributed by atoms with Gasteiger partial charge in [0.1, 0.15) is 5.03 Å². The molecule has 28 heavy (non-hydrogen) atoms. The first kappa shape index (κ1) is 18.3. The quantitative estimate of drug-likeness (QED) is 0.502. The molecule has 0 aliphatic carbocycles. The van der Waals surface area contributed by atoms with Crippen LogP contribution in [0.3, 0.4) is 0 Å². The van der Waals surface area contributed by atoms with E-state index in [0.29, 0.717) is 5.75 Å². The van der Waals surface area contributed by atoms with Crippen LogP contribution in [0.5, 0.6) is 0 Å². The van der Waals surface area contributed by atoms with Crippen molar-refractivity contribution in [3.8, 4) is 11.3 Å². The van der Waals surface area contributed by atoms with Crippen molar-refractivity contribution in [3.63, 3.8) is 0 Å². The van der Waals surface area contributed by atoms with Crippen LogP contribution in [0.4, 0.5) is 5.69 Å². The Labute approximate surface area is 167 Å². The van der Waals surface area contributed by atoms with Gasteiger partial charge in [0.15, 0.2) is 5.65 Å². The molecule has 2 heterocycles. The fraction of sp³-hybridized carbons (Fsp3) is 0.136. The van der Waals surface area contributed by atoms with Crippen molar-refractivity contribution in [2.24, 2.45) is 0 Å². The van der Waals surface area contributed by atoms with Crippen LogP contribution in [0.2, 0.25) is 0 Å². The largest absolute Gasteiger partial charge is 0.325 e. The summed E-state index contributed by atoms with van der Waals surface area (Å²) in [6.45, 7) is 4.04. The van der Waals surface area contributed by atoms with E-state index in [-0.39, 0.29) is 5.91 Å². The highest BCUT2D eigenvalue weighted by Gasteiger charge is 2.09. The molecular formula is C22H20N4OS. The Hall–Kier alpha value is -3.12. The summed E-state index contributed by atoms with van der Waals surface area (Å²) in [5.41, 5.74) is 5.79. The molecule has 6 heteroatoms. The minimum Gasteiger partial charge on any atom is -0.325 e. The summed E-state index contributed by atoms with van der Waals surface area (Å²) in [6, 6.07) is 19.8. The number of thioether (sulfide) groups is 1. The van der Waals surface area contributed by atoms with Gasteiger partial charge in [-0.25, -0.2) is 9.50 Å². The number of aromatic nitrogens is 3. The second kappa shape index (κ2) is 7.86. The summed E-state index contributed by atoms with van der Waals surface area (Å²) in [5.74, 6) is 0.249. The molecule has 0 aliphatic heterocycles. The van der Waals surface area contributed by atoms with Crippen LogP contribution < -0.4 is 5.32 Å². The molecule has 2 aromatic carbocycles. The SMILES string of the molecule is Cc1cc(C)cc(NC(=O)CSc2ccc3nc(-c4ccccc4)cn3n2)c1. The number of rotatable bonds is 5. The molecule has 0 atom stereocenters. The highest BCUT2D eigenvalue weighted by molar-refractivity contribution is 7.99. The zero-order valence-electron chi connectivity index (χ0n) is 15.7. The van der Waals surface area contributed by atoms with Crippen LogP contribution in [0.1, 0.15) is 11.1 Å². The first-order chi connectivity index (χ1) is 13.6. The normalized spacial score (nSPS) is 10.9. The monoisotopic (exact) mass is 388 g/mol. The Morgan fingerprint density at radius 3 is 2.54 bits per heavy atom. The summed E-state index contributed by atoms with van der Waals surface area (Å²) in [6.07, 6.45) is 1.91. The van der Waals surface area contributed by atoms with E-state index in [4.69, 9.17) is 0 Å². The third-order valence-corrected chi connectivity index (χ3v) is 5.14. The number of hydrogen-bond acceptors (Lipinski definition) is 4. The summed E-state index contributed by atoms with van der Waals surface area (Å²) in [5, 5.41) is 8.29. The molecule has 1 amide bonds. The van der Waals surface area contributed by atoms with Gasteiger partial charge in [0.05, 0.1) is 17.6 Å². The average Bonchev–Trinajstić information content (AvgIpc) is 3.09. The van der Waals surface area contributed by atoms with E-state index in [2.05, 4.69) is 21.5 Å². The number of anilines is 1. The van der Waals surface area contributed by atoms with Gasteiger partial charge in [-0.2, -0.15) is 5.10 Å². The van der Waals surface area contributed by atoms with E-state index < -0.39 is 0 Å². The average molecular weight is 388 g/mol. The van der Waals surface area contributed by atoms with Crippen molar-refractivity contribution in [3.05, 3.63) is 78.0 Å². The number of nitrogens with one attached hydrogen (secondary N) is 1. The number of fused-ring (bicyclic) bond motifs is 1. The fourth-order valence-corrected chi connectivity index (χ4v) is 3.73. The number of imidazole rings is 1. The first-order valence-electron chi connectivity index (χ1n) is 9.00. The molecule has 0 saturated heterocycles. The van der Waals surface area contributed by atoms with E-state index in [1.165, 1.54) is 11.8 Å². The van der Waals surface area contributed by atoms with Crippen molar-refractivity contribution in [1.82, 2.24) is 14.6 Å². The third-order valence-electron chi connectivity index (χ3n) is 4.22. The molecule has 0 bridgehead atoms. The standard InChI is InChI=1S/C22H20N4OS/c1-15-10-16(2)12-18(11-15)23-21(27)14-28-22-9-8-20-24-19(13-26(20)25-22)17-6-4-3-5-7-17/h3-13H,14H2,1-2H3,(H,23,27). The molecule has 0 unspecified atom stereocenters. The molecule has 140 valence electrons.